The van der Waals surface area contributed by atoms with Crippen LogP contribution in [0.15, 0.2) is 5.51 Å². The third-order valence-electron chi connectivity index (χ3n) is 2.94. The molecule has 1 aromatic heterocycles. The van der Waals surface area contributed by atoms with Crippen molar-refractivity contribution in [3.8, 4) is 0 Å². The molecule has 4 nitrogen and oxygen atoms in total. The summed E-state index contributed by atoms with van der Waals surface area (Å²) in [6, 6.07) is 0. The molecule has 1 fully saturated rings. The summed E-state index contributed by atoms with van der Waals surface area (Å²) in [5.74, 6) is -0.284. The van der Waals surface area contributed by atoms with Crippen LogP contribution in [0.1, 0.15) is 31.2 Å². The Hall–Kier alpha value is -0.970. The molecule has 76 valence electrons. The summed E-state index contributed by atoms with van der Waals surface area (Å²) >= 11 is 1.35. The van der Waals surface area contributed by atoms with E-state index in [1.165, 1.54) is 11.3 Å². The number of carbonyl (C=O) groups is 1. The molecule has 1 aliphatic carbocycles. The fourth-order valence-electron chi connectivity index (χ4n) is 2.15. The van der Waals surface area contributed by atoms with E-state index < -0.39 is 11.4 Å². The Morgan fingerprint density at radius 2 is 2.57 bits per heavy atom. The van der Waals surface area contributed by atoms with Crippen molar-refractivity contribution in [2.45, 2.75) is 31.6 Å². The quantitative estimate of drug-likeness (QED) is 0.810. The molecule has 14 heavy (non-hydrogen) atoms. The van der Waals surface area contributed by atoms with E-state index in [9.17, 15) is 9.90 Å². The van der Waals surface area contributed by atoms with Crippen LogP contribution in [0.4, 0.5) is 0 Å². The van der Waals surface area contributed by atoms with Crippen LogP contribution in [-0.2, 0) is 10.2 Å². The second-order valence-electron chi connectivity index (χ2n) is 3.98. The van der Waals surface area contributed by atoms with Crippen molar-refractivity contribution in [1.82, 2.24) is 10.2 Å². The maximum atomic E-state index is 11.3. The van der Waals surface area contributed by atoms with E-state index in [1.54, 1.807) is 5.51 Å². The average molecular weight is 212 g/mol. The van der Waals surface area contributed by atoms with Crippen molar-refractivity contribution in [2.24, 2.45) is 5.92 Å². The van der Waals surface area contributed by atoms with E-state index in [4.69, 9.17) is 0 Å². The third kappa shape index (κ3) is 1.32. The summed E-state index contributed by atoms with van der Waals surface area (Å²) in [5, 5.41) is 17.6. The highest BCUT2D eigenvalue weighted by Crippen LogP contribution is 2.44. The van der Waals surface area contributed by atoms with Crippen molar-refractivity contribution in [2.75, 3.05) is 0 Å². The lowest BCUT2D eigenvalue weighted by Crippen LogP contribution is -2.33. The molecule has 0 aromatic carbocycles. The minimum Gasteiger partial charge on any atom is -0.481 e. The van der Waals surface area contributed by atoms with Crippen LogP contribution in [0.2, 0.25) is 0 Å². The normalized spacial score (nSPS) is 31.9. The van der Waals surface area contributed by atoms with E-state index in [-0.39, 0.29) is 0 Å². The predicted octanol–water partition coefficient (Wildman–Crippen LogP) is 1.68. The standard InChI is InChI=1S/C9H12N2O2S/c1-6-2-3-9(4-6,8(12)13)7-11-10-5-14-7/h5-6H,2-4H2,1H3,(H,12,13). The largest absolute Gasteiger partial charge is 0.481 e. The SMILES string of the molecule is CC1CCC(C(=O)O)(c2nncs2)C1. The Balaban J connectivity index is 2.38. The summed E-state index contributed by atoms with van der Waals surface area (Å²) in [4.78, 5) is 11.3. The van der Waals surface area contributed by atoms with E-state index in [2.05, 4.69) is 17.1 Å². The summed E-state index contributed by atoms with van der Waals surface area (Å²) in [6.45, 7) is 2.09. The van der Waals surface area contributed by atoms with Crippen LogP contribution >= 0.6 is 11.3 Å². The summed E-state index contributed by atoms with van der Waals surface area (Å²) in [5.41, 5.74) is 0.851. The first-order valence-electron chi connectivity index (χ1n) is 4.65. The molecule has 0 aliphatic heterocycles. The Labute approximate surface area is 86.0 Å². The van der Waals surface area contributed by atoms with E-state index in [0.717, 1.165) is 6.42 Å². The minimum absolute atomic E-state index is 0.468. The molecule has 0 radical (unpaired) electrons. The van der Waals surface area contributed by atoms with Gasteiger partial charge in [0.1, 0.15) is 15.9 Å². The Morgan fingerprint density at radius 1 is 1.79 bits per heavy atom. The second-order valence-corrected chi connectivity index (χ2v) is 4.81. The van der Waals surface area contributed by atoms with E-state index in [1.807, 2.05) is 0 Å². The molecule has 1 N–H and O–H groups in total. The van der Waals surface area contributed by atoms with Gasteiger partial charge in [0.25, 0.3) is 0 Å². The zero-order valence-electron chi connectivity index (χ0n) is 7.93. The summed E-state index contributed by atoms with van der Waals surface area (Å²) in [7, 11) is 0. The number of aliphatic carboxylic acids is 1. The van der Waals surface area contributed by atoms with Gasteiger partial charge >= 0.3 is 5.97 Å². The van der Waals surface area contributed by atoms with E-state index >= 15 is 0 Å². The van der Waals surface area contributed by atoms with Crippen LogP contribution in [0.3, 0.4) is 0 Å². The van der Waals surface area contributed by atoms with Gasteiger partial charge in [-0.05, 0) is 25.2 Å². The molecular weight excluding hydrogens is 200 g/mol. The average Bonchev–Trinajstić information content (AvgIpc) is 2.71. The highest BCUT2D eigenvalue weighted by atomic mass is 32.1. The number of nitrogens with zero attached hydrogens (tertiary/aromatic N) is 2. The van der Waals surface area contributed by atoms with Crippen LogP contribution in [0, 0.1) is 5.92 Å². The molecule has 0 amide bonds. The molecule has 1 saturated carbocycles. The number of hydrogen-bond donors (Lipinski definition) is 1. The Kier molecular flexibility index (Phi) is 2.26. The summed E-state index contributed by atoms with van der Waals surface area (Å²) in [6.07, 6.45) is 2.35. The molecule has 2 rings (SSSR count). The van der Waals surface area contributed by atoms with Gasteiger partial charge in [-0.25, -0.2) is 0 Å². The summed E-state index contributed by atoms with van der Waals surface area (Å²) < 4.78 is 0. The molecule has 0 spiro atoms. The Bertz CT molecular complexity index is 339. The van der Waals surface area contributed by atoms with Crippen molar-refractivity contribution in [3.05, 3.63) is 10.5 Å². The van der Waals surface area contributed by atoms with Crippen molar-refractivity contribution in [3.63, 3.8) is 0 Å². The maximum absolute atomic E-state index is 11.3. The molecule has 1 heterocycles. The zero-order valence-corrected chi connectivity index (χ0v) is 8.75. The van der Waals surface area contributed by atoms with Gasteiger partial charge in [0.05, 0.1) is 0 Å². The molecule has 1 aliphatic rings. The van der Waals surface area contributed by atoms with Gasteiger partial charge in [0.15, 0.2) is 0 Å². The van der Waals surface area contributed by atoms with Gasteiger partial charge in [-0.15, -0.1) is 21.5 Å². The molecule has 2 atom stereocenters. The highest BCUT2D eigenvalue weighted by Gasteiger charge is 2.48. The smallest absolute Gasteiger partial charge is 0.316 e. The van der Waals surface area contributed by atoms with E-state index in [0.29, 0.717) is 23.8 Å². The number of carboxylic acid groups (broad SMARTS) is 1. The molecule has 2 unspecified atom stereocenters. The first-order chi connectivity index (χ1) is 6.65. The first-order valence-corrected chi connectivity index (χ1v) is 5.53. The minimum atomic E-state index is -0.751. The van der Waals surface area contributed by atoms with Gasteiger partial charge in [-0.2, -0.15) is 0 Å². The highest BCUT2D eigenvalue weighted by molar-refractivity contribution is 7.09. The number of aromatic nitrogens is 2. The van der Waals surface area contributed by atoms with Crippen LogP contribution in [0.25, 0.3) is 0 Å². The van der Waals surface area contributed by atoms with Gasteiger partial charge in [-0.3, -0.25) is 4.79 Å². The monoisotopic (exact) mass is 212 g/mol. The van der Waals surface area contributed by atoms with Gasteiger partial charge in [0.2, 0.25) is 0 Å². The number of rotatable bonds is 2. The fraction of sp³-hybridized carbons (Fsp3) is 0.667. The zero-order chi connectivity index (χ0) is 10.2. The lowest BCUT2D eigenvalue weighted by Gasteiger charge is -2.20. The lowest BCUT2D eigenvalue weighted by atomic mass is 9.86. The topological polar surface area (TPSA) is 63.1 Å². The third-order valence-corrected chi connectivity index (χ3v) is 3.83. The van der Waals surface area contributed by atoms with Crippen molar-refractivity contribution >= 4 is 17.3 Å². The second kappa shape index (κ2) is 3.31. The van der Waals surface area contributed by atoms with Gasteiger partial charge < -0.3 is 5.11 Å². The Morgan fingerprint density at radius 3 is 3.00 bits per heavy atom. The van der Waals surface area contributed by atoms with Crippen LogP contribution in [0.5, 0.6) is 0 Å². The molecule has 0 bridgehead atoms. The lowest BCUT2D eigenvalue weighted by molar-refractivity contribution is -0.143. The predicted molar refractivity (Wildman–Crippen MR) is 52.2 cm³/mol. The van der Waals surface area contributed by atoms with Gasteiger partial charge in [-0.1, -0.05) is 6.92 Å². The molecule has 5 heteroatoms. The number of hydrogen-bond acceptors (Lipinski definition) is 4. The van der Waals surface area contributed by atoms with Crippen LogP contribution in [-0.4, -0.2) is 21.3 Å². The molecular formula is C9H12N2O2S. The van der Waals surface area contributed by atoms with Crippen molar-refractivity contribution < 1.29 is 9.90 Å². The first kappa shape index (κ1) is 9.58. The van der Waals surface area contributed by atoms with Crippen LogP contribution < -0.4 is 0 Å². The molecule has 0 saturated heterocycles. The molecule has 1 aromatic rings. The number of carboxylic acids is 1. The van der Waals surface area contributed by atoms with Crippen molar-refractivity contribution in [1.29, 1.82) is 0 Å². The van der Waals surface area contributed by atoms with Gasteiger partial charge in [0, 0.05) is 0 Å². The maximum Gasteiger partial charge on any atom is 0.316 e. The fourth-order valence-corrected chi connectivity index (χ4v) is 2.94.